The summed E-state index contributed by atoms with van der Waals surface area (Å²) >= 11 is 0. The zero-order valence-corrected chi connectivity index (χ0v) is 19.2. The first kappa shape index (κ1) is 24.5. The molecule has 0 bridgehead atoms. The number of nitrogens with zero attached hydrogens (tertiary/aromatic N) is 2. The first-order valence-electron chi connectivity index (χ1n) is 11.2. The molecule has 1 atom stereocenters. The van der Waals surface area contributed by atoms with E-state index in [4.69, 9.17) is 4.74 Å². The van der Waals surface area contributed by atoms with Gasteiger partial charge in [-0.3, -0.25) is 9.78 Å². The van der Waals surface area contributed by atoms with Gasteiger partial charge in [-0.05, 0) is 68.3 Å². The van der Waals surface area contributed by atoms with Crippen molar-refractivity contribution in [2.45, 2.75) is 38.0 Å². The summed E-state index contributed by atoms with van der Waals surface area (Å²) in [6, 6.07) is 10.0. The van der Waals surface area contributed by atoms with E-state index in [9.17, 15) is 18.0 Å². The van der Waals surface area contributed by atoms with Gasteiger partial charge in [0.05, 0.1) is 11.1 Å². The molecule has 3 N–H and O–H groups in total. The van der Waals surface area contributed by atoms with Crippen LogP contribution in [0.1, 0.15) is 41.3 Å². The average Bonchev–Trinajstić information content (AvgIpc) is 3.28. The SMILES string of the molecule is C[C@@]1(COc2cc(NC(=O)c3cccnc3NCc3ccncc3)cc(C(F)(F)F)c2)CCCN1. The maximum atomic E-state index is 13.5. The molecule has 0 spiro atoms. The van der Waals surface area contributed by atoms with Gasteiger partial charge in [-0.1, -0.05) is 0 Å². The Hall–Kier alpha value is -3.66. The van der Waals surface area contributed by atoms with E-state index < -0.39 is 17.6 Å². The van der Waals surface area contributed by atoms with Gasteiger partial charge in [0.25, 0.3) is 5.91 Å². The van der Waals surface area contributed by atoms with Crippen molar-refractivity contribution in [2.75, 3.05) is 23.8 Å². The highest BCUT2D eigenvalue weighted by Crippen LogP contribution is 2.35. The van der Waals surface area contributed by atoms with E-state index >= 15 is 0 Å². The van der Waals surface area contributed by atoms with Gasteiger partial charge in [0.2, 0.25) is 0 Å². The van der Waals surface area contributed by atoms with Crippen molar-refractivity contribution in [3.05, 3.63) is 77.7 Å². The van der Waals surface area contributed by atoms with Crippen LogP contribution in [-0.4, -0.2) is 34.6 Å². The average molecular weight is 486 g/mol. The Morgan fingerprint density at radius 2 is 1.97 bits per heavy atom. The molecule has 1 aliphatic heterocycles. The zero-order chi connectivity index (χ0) is 24.9. The number of nitrogens with one attached hydrogen (secondary N) is 3. The number of anilines is 2. The van der Waals surface area contributed by atoms with Gasteiger partial charge in [-0.25, -0.2) is 4.98 Å². The van der Waals surface area contributed by atoms with Crippen LogP contribution in [0.3, 0.4) is 0 Å². The van der Waals surface area contributed by atoms with Crippen LogP contribution in [0.5, 0.6) is 5.75 Å². The summed E-state index contributed by atoms with van der Waals surface area (Å²) in [6.45, 7) is 3.42. The lowest BCUT2D eigenvalue weighted by molar-refractivity contribution is -0.137. The Morgan fingerprint density at radius 3 is 2.69 bits per heavy atom. The molecule has 1 aromatic carbocycles. The standard InChI is InChI=1S/C25H26F3N5O2/c1-24(7-3-9-32-24)16-35-20-13-18(25(26,27)28)12-19(14-20)33-23(34)21-4-2-8-30-22(21)31-15-17-5-10-29-11-6-17/h2,4-6,8,10-14,32H,3,7,9,15-16H2,1H3,(H,30,31)(H,33,34)/t24-/m0/s1. The van der Waals surface area contributed by atoms with Crippen LogP contribution in [-0.2, 0) is 12.7 Å². The van der Waals surface area contributed by atoms with Crippen molar-refractivity contribution in [3.63, 3.8) is 0 Å². The summed E-state index contributed by atoms with van der Waals surface area (Å²) < 4.78 is 46.4. The molecule has 3 heterocycles. The molecule has 0 unspecified atom stereocenters. The van der Waals surface area contributed by atoms with Gasteiger partial charge in [0.1, 0.15) is 18.2 Å². The number of alkyl halides is 3. The van der Waals surface area contributed by atoms with Gasteiger partial charge in [-0.2, -0.15) is 13.2 Å². The maximum Gasteiger partial charge on any atom is 0.416 e. The summed E-state index contributed by atoms with van der Waals surface area (Å²) in [5.74, 6) is -0.247. The molecule has 2 aromatic heterocycles. The Morgan fingerprint density at radius 1 is 1.17 bits per heavy atom. The van der Waals surface area contributed by atoms with E-state index in [0.29, 0.717) is 12.4 Å². The van der Waals surface area contributed by atoms with Gasteiger partial charge in [0.15, 0.2) is 0 Å². The van der Waals surface area contributed by atoms with Crippen molar-refractivity contribution in [2.24, 2.45) is 0 Å². The number of amides is 1. The number of benzene rings is 1. The van der Waals surface area contributed by atoms with Crippen LogP contribution in [0.25, 0.3) is 0 Å². The minimum absolute atomic E-state index is 0.0201. The van der Waals surface area contributed by atoms with Crippen molar-refractivity contribution in [3.8, 4) is 5.75 Å². The van der Waals surface area contributed by atoms with Gasteiger partial charge < -0.3 is 20.7 Å². The van der Waals surface area contributed by atoms with Crippen LogP contribution < -0.4 is 20.7 Å². The summed E-state index contributed by atoms with van der Waals surface area (Å²) in [5, 5.41) is 8.96. The van der Waals surface area contributed by atoms with Crippen LogP contribution in [0.4, 0.5) is 24.7 Å². The number of hydrogen-bond donors (Lipinski definition) is 3. The molecule has 4 rings (SSSR count). The predicted octanol–water partition coefficient (Wildman–Crippen LogP) is 4.88. The van der Waals surface area contributed by atoms with Crippen molar-refractivity contribution in [1.29, 1.82) is 0 Å². The molecule has 0 radical (unpaired) electrons. The highest BCUT2D eigenvalue weighted by Gasteiger charge is 2.33. The largest absolute Gasteiger partial charge is 0.492 e. The second kappa shape index (κ2) is 10.3. The highest BCUT2D eigenvalue weighted by atomic mass is 19.4. The fourth-order valence-electron chi connectivity index (χ4n) is 3.86. The molecule has 7 nitrogen and oxygen atoms in total. The van der Waals surface area contributed by atoms with E-state index in [1.165, 1.54) is 12.3 Å². The normalized spacial score (nSPS) is 17.7. The number of carbonyl (C=O) groups is 1. The van der Waals surface area contributed by atoms with E-state index in [-0.39, 0.29) is 29.1 Å². The molecule has 3 aromatic rings. The summed E-state index contributed by atoms with van der Waals surface area (Å²) in [5.41, 5.74) is -0.0977. The van der Waals surface area contributed by atoms with E-state index in [1.807, 2.05) is 19.1 Å². The Labute approximate surface area is 201 Å². The Bertz CT molecular complexity index is 1170. The van der Waals surface area contributed by atoms with Gasteiger partial charge in [-0.15, -0.1) is 0 Å². The van der Waals surface area contributed by atoms with E-state index in [0.717, 1.165) is 37.1 Å². The minimum atomic E-state index is -4.60. The quantitative estimate of drug-likeness (QED) is 0.422. The number of carbonyl (C=O) groups excluding carboxylic acids is 1. The topological polar surface area (TPSA) is 88.2 Å². The Balaban J connectivity index is 1.52. The zero-order valence-electron chi connectivity index (χ0n) is 19.2. The molecule has 10 heteroatoms. The Kier molecular flexibility index (Phi) is 7.20. The number of pyridine rings is 2. The maximum absolute atomic E-state index is 13.5. The third-order valence-corrected chi connectivity index (χ3v) is 5.77. The molecule has 1 aliphatic rings. The van der Waals surface area contributed by atoms with Crippen LogP contribution in [0.15, 0.2) is 61.1 Å². The second-order valence-corrected chi connectivity index (χ2v) is 8.69. The number of ether oxygens (including phenoxy) is 1. The number of halogens is 3. The molecular weight excluding hydrogens is 459 g/mol. The predicted molar refractivity (Wildman–Crippen MR) is 126 cm³/mol. The second-order valence-electron chi connectivity index (χ2n) is 8.69. The van der Waals surface area contributed by atoms with Crippen LogP contribution in [0, 0.1) is 0 Å². The lowest BCUT2D eigenvalue weighted by atomic mass is 10.0. The summed E-state index contributed by atoms with van der Waals surface area (Å²) in [6.07, 6.45) is 2.08. The van der Waals surface area contributed by atoms with Crippen molar-refractivity contribution in [1.82, 2.24) is 15.3 Å². The molecule has 0 saturated carbocycles. The fraction of sp³-hybridized carbons (Fsp3) is 0.320. The first-order chi connectivity index (χ1) is 16.7. The smallest absolute Gasteiger partial charge is 0.416 e. The summed E-state index contributed by atoms with van der Waals surface area (Å²) in [4.78, 5) is 21.2. The van der Waals surface area contributed by atoms with Crippen LogP contribution in [0.2, 0.25) is 0 Å². The van der Waals surface area contributed by atoms with Gasteiger partial charge >= 0.3 is 6.18 Å². The van der Waals surface area contributed by atoms with E-state index in [2.05, 4.69) is 25.9 Å². The molecule has 1 fully saturated rings. The summed E-state index contributed by atoms with van der Waals surface area (Å²) in [7, 11) is 0. The lowest BCUT2D eigenvalue weighted by Gasteiger charge is -2.25. The molecular formula is C25H26F3N5O2. The van der Waals surface area contributed by atoms with Crippen molar-refractivity contribution < 1.29 is 22.7 Å². The third-order valence-electron chi connectivity index (χ3n) is 5.77. The fourth-order valence-corrected chi connectivity index (χ4v) is 3.86. The highest BCUT2D eigenvalue weighted by molar-refractivity contribution is 6.07. The number of aromatic nitrogens is 2. The van der Waals surface area contributed by atoms with Crippen molar-refractivity contribution >= 4 is 17.4 Å². The molecule has 1 amide bonds. The minimum Gasteiger partial charge on any atom is -0.492 e. The first-order valence-corrected chi connectivity index (χ1v) is 11.2. The third kappa shape index (κ3) is 6.48. The lowest BCUT2D eigenvalue weighted by Crippen LogP contribution is -2.42. The number of rotatable bonds is 8. The molecule has 35 heavy (non-hydrogen) atoms. The molecule has 0 aliphatic carbocycles. The molecule has 1 saturated heterocycles. The van der Waals surface area contributed by atoms with Gasteiger partial charge in [0, 0.05) is 42.4 Å². The number of hydrogen-bond acceptors (Lipinski definition) is 6. The monoisotopic (exact) mass is 485 g/mol. The van der Waals surface area contributed by atoms with Crippen LogP contribution >= 0.6 is 0 Å². The molecule has 184 valence electrons. The van der Waals surface area contributed by atoms with E-state index in [1.54, 1.807) is 24.5 Å².